The van der Waals surface area contributed by atoms with Crippen molar-refractivity contribution in [2.24, 2.45) is 0 Å². The van der Waals surface area contributed by atoms with Crippen LogP contribution < -0.4 is 11.1 Å². The van der Waals surface area contributed by atoms with Gasteiger partial charge >= 0.3 is 0 Å². The lowest BCUT2D eigenvalue weighted by atomic mass is 10.3. The summed E-state index contributed by atoms with van der Waals surface area (Å²) in [4.78, 5) is 11.7. The van der Waals surface area contributed by atoms with Crippen molar-refractivity contribution in [2.45, 2.75) is 20.4 Å². The van der Waals surface area contributed by atoms with Crippen molar-refractivity contribution in [3.63, 3.8) is 0 Å². The molecule has 0 aliphatic rings. The number of sulfonamides is 1. The molecule has 0 spiro atoms. The van der Waals surface area contributed by atoms with E-state index in [1.807, 2.05) is 0 Å². The first-order valence-corrected chi connectivity index (χ1v) is 7.72. The van der Waals surface area contributed by atoms with Crippen molar-refractivity contribution in [1.82, 2.24) is 19.4 Å². The van der Waals surface area contributed by atoms with Gasteiger partial charge in [0.1, 0.15) is 6.54 Å². The van der Waals surface area contributed by atoms with Gasteiger partial charge in [-0.3, -0.25) is 9.48 Å². The quantitative estimate of drug-likeness (QED) is 0.707. The molecule has 0 unspecified atom stereocenters. The molecule has 1 aromatic heterocycles. The van der Waals surface area contributed by atoms with Crippen LogP contribution in [0.5, 0.6) is 0 Å². The number of aromatic nitrogens is 2. The van der Waals surface area contributed by atoms with E-state index in [4.69, 9.17) is 5.73 Å². The summed E-state index contributed by atoms with van der Waals surface area (Å²) in [6, 6.07) is 0. The van der Waals surface area contributed by atoms with E-state index in [0.717, 1.165) is 10.00 Å². The third-order valence-electron chi connectivity index (χ3n) is 2.97. The first-order valence-electron chi connectivity index (χ1n) is 6.11. The van der Waals surface area contributed by atoms with E-state index in [2.05, 4.69) is 10.4 Å². The first kappa shape index (κ1) is 16.4. The Balaban J connectivity index is 2.51. The molecule has 8 nitrogen and oxygen atoms in total. The Bertz CT molecular complexity index is 591. The Hall–Kier alpha value is -1.61. The molecular weight excluding hydrogens is 282 g/mol. The van der Waals surface area contributed by atoms with Gasteiger partial charge in [-0.2, -0.15) is 5.10 Å². The predicted molar refractivity (Wildman–Crippen MR) is 76.6 cm³/mol. The molecule has 0 bridgehead atoms. The van der Waals surface area contributed by atoms with E-state index >= 15 is 0 Å². The molecule has 0 aliphatic heterocycles. The molecule has 1 rings (SSSR count). The topological polar surface area (TPSA) is 110 Å². The number of nitrogen functional groups attached to an aromatic ring is 1. The van der Waals surface area contributed by atoms with Crippen molar-refractivity contribution < 1.29 is 13.2 Å². The molecule has 9 heteroatoms. The van der Waals surface area contributed by atoms with Crippen LogP contribution >= 0.6 is 0 Å². The van der Waals surface area contributed by atoms with Crippen molar-refractivity contribution in [3.05, 3.63) is 11.4 Å². The lowest BCUT2D eigenvalue weighted by Crippen LogP contribution is -2.35. The highest BCUT2D eigenvalue weighted by molar-refractivity contribution is 7.89. The number of rotatable bonds is 6. The summed E-state index contributed by atoms with van der Waals surface area (Å²) in [7, 11) is -0.393. The first-order chi connectivity index (χ1) is 9.15. The molecule has 1 heterocycles. The molecule has 0 saturated heterocycles. The van der Waals surface area contributed by atoms with Crippen LogP contribution in [0.4, 0.5) is 5.69 Å². The van der Waals surface area contributed by atoms with Gasteiger partial charge in [0.2, 0.25) is 15.9 Å². The molecule has 1 amide bonds. The van der Waals surface area contributed by atoms with Crippen LogP contribution in [0.1, 0.15) is 11.4 Å². The molecule has 0 fully saturated rings. The maximum atomic E-state index is 11.7. The Morgan fingerprint density at radius 3 is 2.45 bits per heavy atom. The van der Waals surface area contributed by atoms with E-state index in [1.165, 1.54) is 18.8 Å². The zero-order valence-corrected chi connectivity index (χ0v) is 13.0. The Labute approximate surface area is 119 Å². The molecule has 1 aromatic rings. The lowest BCUT2D eigenvalue weighted by Gasteiger charge is -2.11. The smallest absolute Gasteiger partial charge is 0.241 e. The third kappa shape index (κ3) is 3.94. The highest BCUT2D eigenvalue weighted by Gasteiger charge is 2.15. The van der Waals surface area contributed by atoms with Crippen molar-refractivity contribution in [1.29, 1.82) is 0 Å². The Morgan fingerprint density at radius 1 is 1.40 bits per heavy atom. The lowest BCUT2D eigenvalue weighted by molar-refractivity contribution is -0.121. The Kier molecular flexibility index (Phi) is 5.12. The minimum Gasteiger partial charge on any atom is -0.396 e. The third-order valence-corrected chi connectivity index (χ3v) is 4.80. The standard InChI is InChI=1S/C11H21N5O3S/c1-8-11(12)9(2)16(14-8)7-10(17)13-5-6-20(18,19)15(3)4/h5-7,12H2,1-4H3,(H,13,17). The molecular formula is C11H21N5O3S. The molecule has 0 aromatic carbocycles. The van der Waals surface area contributed by atoms with E-state index < -0.39 is 10.0 Å². The van der Waals surface area contributed by atoms with Gasteiger partial charge in [0, 0.05) is 20.6 Å². The minimum atomic E-state index is -3.30. The SMILES string of the molecule is Cc1nn(CC(=O)NCCS(=O)(=O)N(C)C)c(C)c1N. The summed E-state index contributed by atoms with van der Waals surface area (Å²) in [6.07, 6.45) is 0. The van der Waals surface area contributed by atoms with Crippen LogP contribution in [-0.4, -0.2) is 54.8 Å². The van der Waals surface area contributed by atoms with Gasteiger partial charge in [0.25, 0.3) is 0 Å². The van der Waals surface area contributed by atoms with Gasteiger partial charge in [-0.1, -0.05) is 0 Å². The summed E-state index contributed by atoms with van der Waals surface area (Å²) < 4.78 is 25.7. The minimum absolute atomic E-state index is 0.0197. The molecule has 0 radical (unpaired) electrons. The fourth-order valence-electron chi connectivity index (χ4n) is 1.56. The predicted octanol–water partition coefficient (Wildman–Crippen LogP) is -0.910. The highest BCUT2D eigenvalue weighted by Crippen LogP contribution is 2.14. The fourth-order valence-corrected chi connectivity index (χ4v) is 2.28. The van der Waals surface area contributed by atoms with Crippen molar-refractivity contribution >= 4 is 21.6 Å². The number of nitrogens with one attached hydrogen (secondary N) is 1. The molecule has 3 N–H and O–H groups in total. The van der Waals surface area contributed by atoms with Crippen LogP contribution in [0.15, 0.2) is 0 Å². The second kappa shape index (κ2) is 6.23. The van der Waals surface area contributed by atoms with Gasteiger partial charge in [0.15, 0.2) is 0 Å². The van der Waals surface area contributed by atoms with Crippen LogP contribution in [0.25, 0.3) is 0 Å². The molecule has 0 saturated carbocycles. The second-order valence-electron chi connectivity index (χ2n) is 4.69. The van der Waals surface area contributed by atoms with Gasteiger partial charge in [-0.25, -0.2) is 12.7 Å². The number of anilines is 1. The van der Waals surface area contributed by atoms with Gasteiger partial charge in [-0.05, 0) is 13.8 Å². The average molecular weight is 303 g/mol. The zero-order chi connectivity index (χ0) is 15.5. The summed E-state index contributed by atoms with van der Waals surface area (Å²) in [5.74, 6) is -0.435. The van der Waals surface area contributed by atoms with Gasteiger partial charge in [-0.15, -0.1) is 0 Å². The molecule has 20 heavy (non-hydrogen) atoms. The number of amides is 1. The molecule has 114 valence electrons. The van der Waals surface area contributed by atoms with Gasteiger partial charge in [0.05, 0.1) is 22.8 Å². The number of hydrogen-bond acceptors (Lipinski definition) is 5. The average Bonchev–Trinajstić information content (AvgIpc) is 2.56. The van der Waals surface area contributed by atoms with Crippen molar-refractivity contribution in [3.8, 4) is 0 Å². The Morgan fingerprint density at radius 2 is 2.00 bits per heavy atom. The molecule has 0 aliphatic carbocycles. The van der Waals surface area contributed by atoms with Gasteiger partial charge < -0.3 is 11.1 Å². The maximum absolute atomic E-state index is 11.7. The van der Waals surface area contributed by atoms with E-state index in [0.29, 0.717) is 11.4 Å². The number of nitrogens with two attached hydrogens (primary N) is 1. The van der Waals surface area contributed by atoms with Crippen LogP contribution in [0, 0.1) is 13.8 Å². The highest BCUT2D eigenvalue weighted by atomic mass is 32.2. The van der Waals surface area contributed by atoms with Crippen LogP contribution in [0.2, 0.25) is 0 Å². The summed E-state index contributed by atoms with van der Waals surface area (Å²) >= 11 is 0. The van der Waals surface area contributed by atoms with Crippen LogP contribution in [-0.2, 0) is 21.4 Å². The number of carbonyl (C=O) groups is 1. The number of hydrogen-bond donors (Lipinski definition) is 2. The molecule has 0 atom stereocenters. The van der Waals surface area contributed by atoms with E-state index in [1.54, 1.807) is 13.8 Å². The number of carbonyl (C=O) groups excluding carboxylic acids is 1. The summed E-state index contributed by atoms with van der Waals surface area (Å²) in [6.45, 7) is 3.62. The summed E-state index contributed by atoms with van der Waals surface area (Å²) in [5.41, 5.74) is 7.72. The van der Waals surface area contributed by atoms with E-state index in [9.17, 15) is 13.2 Å². The maximum Gasteiger partial charge on any atom is 0.241 e. The normalized spacial score (nSPS) is 11.8. The largest absolute Gasteiger partial charge is 0.396 e. The number of nitrogens with zero attached hydrogens (tertiary/aromatic N) is 3. The second-order valence-corrected chi connectivity index (χ2v) is 6.99. The van der Waals surface area contributed by atoms with Crippen LogP contribution in [0.3, 0.4) is 0 Å². The zero-order valence-electron chi connectivity index (χ0n) is 12.2. The van der Waals surface area contributed by atoms with E-state index in [-0.39, 0.29) is 24.7 Å². The van der Waals surface area contributed by atoms with Crippen molar-refractivity contribution in [2.75, 3.05) is 32.1 Å². The monoisotopic (exact) mass is 303 g/mol. The summed E-state index contributed by atoms with van der Waals surface area (Å²) in [5, 5.41) is 6.69. The fraction of sp³-hybridized carbons (Fsp3) is 0.636. The number of aryl methyl sites for hydroxylation is 1.